The molecule has 5 nitrogen and oxygen atoms in total. The molecule has 0 saturated heterocycles. The molecule has 0 fully saturated rings. The summed E-state index contributed by atoms with van der Waals surface area (Å²) in [6.07, 6.45) is 0.862. The summed E-state index contributed by atoms with van der Waals surface area (Å²) < 4.78 is 5.69. The third kappa shape index (κ3) is 3.03. The molecule has 0 spiro atoms. The second-order valence-corrected chi connectivity index (χ2v) is 5.58. The number of aryl methyl sites for hydroxylation is 1. The van der Waals surface area contributed by atoms with E-state index in [2.05, 4.69) is 10.3 Å². The number of benzene rings is 1. The van der Waals surface area contributed by atoms with E-state index in [4.69, 9.17) is 4.74 Å². The van der Waals surface area contributed by atoms with Gasteiger partial charge in [0.2, 0.25) is 0 Å². The number of hydrogen-bond acceptors (Lipinski definition) is 3. The summed E-state index contributed by atoms with van der Waals surface area (Å²) in [4.78, 5) is 26.5. The summed E-state index contributed by atoms with van der Waals surface area (Å²) >= 11 is 0. The molecule has 1 atom stereocenters. The van der Waals surface area contributed by atoms with Crippen molar-refractivity contribution in [3.63, 3.8) is 0 Å². The number of hydrogen-bond donors (Lipinski definition) is 2. The highest BCUT2D eigenvalue weighted by molar-refractivity contribution is 5.93. The Morgan fingerprint density at radius 1 is 1.32 bits per heavy atom. The van der Waals surface area contributed by atoms with Gasteiger partial charge in [0.15, 0.2) is 0 Å². The predicted molar refractivity (Wildman–Crippen MR) is 83.3 cm³/mol. The highest BCUT2D eigenvalue weighted by Gasteiger charge is 2.20. The van der Waals surface area contributed by atoms with Crippen molar-refractivity contribution in [1.29, 1.82) is 0 Å². The van der Waals surface area contributed by atoms with Gasteiger partial charge in [-0.15, -0.1) is 0 Å². The molecule has 1 aromatic carbocycles. The van der Waals surface area contributed by atoms with Crippen molar-refractivity contribution >= 4 is 5.91 Å². The Kier molecular flexibility index (Phi) is 3.96. The number of pyridine rings is 1. The van der Waals surface area contributed by atoms with Crippen LogP contribution in [0.15, 0.2) is 41.2 Å². The van der Waals surface area contributed by atoms with Gasteiger partial charge in [0.25, 0.3) is 11.5 Å². The van der Waals surface area contributed by atoms with Gasteiger partial charge in [0.1, 0.15) is 11.3 Å². The molecule has 1 amide bonds. The van der Waals surface area contributed by atoms with Crippen molar-refractivity contribution in [2.45, 2.75) is 13.3 Å². The molecule has 0 aliphatic carbocycles. The number of aromatic amines is 1. The lowest BCUT2D eigenvalue weighted by molar-refractivity contribution is 0.0937. The summed E-state index contributed by atoms with van der Waals surface area (Å²) in [7, 11) is 0. The third-order valence-electron chi connectivity index (χ3n) is 3.81. The number of para-hydroxylation sites is 1. The van der Waals surface area contributed by atoms with Gasteiger partial charge in [0, 0.05) is 18.2 Å². The molecule has 0 bridgehead atoms. The Labute approximate surface area is 128 Å². The van der Waals surface area contributed by atoms with Gasteiger partial charge in [-0.25, -0.2) is 0 Å². The van der Waals surface area contributed by atoms with Crippen molar-refractivity contribution in [3.05, 3.63) is 63.6 Å². The van der Waals surface area contributed by atoms with E-state index in [1.807, 2.05) is 24.3 Å². The number of carbonyl (C=O) groups excluding carboxylic acids is 1. The second-order valence-electron chi connectivity index (χ2n) is 5.58. The third-order valence-corrected chi connectivity index (χ3v) is 3.81. The zero-order chi connectivity index (χ0) is 15.5. The molecular weight excluding hydrogens is 280 g/mol. The predicted octanol–water partition coefficient (Wildman–Crippen LogP) is 1.66. The van der Waals surface area contributed by atoms with Crippen LogP contribution >= 0.6 is 0 Å². The minimum Gasteiger partial charge on any atom is -0.493 e. The van der Waals surface area contributed by atoms with Crippen LogP contribution in [0.2, 0.25) is 0 Å². The molecule has 1 aliphatic rings. The maximum atomic E-state index is 12.1. The number of H-pyrrole nitrogens is 1. The number of carbonyl (C=O) groups is 1. The molecular formula is C17H18N2O3. The molecule has 2 aromatic rings. The van der Waals surface area contributed by atoms with Crippen LogP contribution in [0.3, 0.4) is 0 Å². The molecule has 2 heterocycles. The lowest BCUT2D eigenvalue weighted by atomic mass is 9.96. The monoisotopic (exact) mass is 298 g/mol. The molecule has 0 unspecified atom stereocenters. The molecule has 0 saturated carbocycles. The SMILES string of the molecule is Cc1ccc(C(=O)NC[C@H]2COc3ccccc3C2)c(=O)[nH]1. The van der Waals surface area contributed by atoms with E-state index >= 15 is 0 Å². The fourth-order valence-electron chi connectivity index (χ4n) is 2.61. The van der Waals surface area contributed by atoms with Crippen LogP contribution in [0.1, 0.15) is 21.6 Å². The van der Waals surface area contributed by atoms with Crippen molar-refractivity contribution in [3.8, 4) is 5.75 Å². The second kappa shape index (κ2) is 6.05. The number of fused-ring (bicyclic) bond motifs is 1. The van der Waals surface area contributed by atoms with E-state index < -0.39 is 0 Å². The first-order valence-electron chi connectivity index (χ1n) is 7.32. The average Bonchev–Trinajstić information content (AvgIpc) is 2.52. The average molecular weight is 298 g/mol. The van der Waals surface area contributed by atoms with Crippen molar-refractivity contribution < 1.29 is 9.53 Å². The zero-order valence-electron chi connectivity index (χ0n) is 12.4. The number of amides is 1. The summed E-state index contributed by atoms with van der Waals surface area (Å²) in [5.74, 6) is 0.781. The fraction of sp³-hybridized carbons (Fsp3) is 0.294. The first-order valence-corrected chi connectivity index (χ1v) is 7.32. The van der Waals surface area contributed by atoms with Gasteiger partial charge >= 0.3 is 0 Å². The standard InChI is InChI=1S/C17H18N2O3/c1-11-6-7-14(17(21)19-11)16(20)18-9-12-8-13-4-2-3-5-15(13)22-10-12/h2-7,12H,8-10H2,1H3,(H,18,20)(H,19,21)/t12-/m0/s1. The van der Waals surface area contributed by atoms with E-state index in [9.17, 15) is 9.59 Å². The highest BCUT2D eigenvalue weighted by atomic mass is 16.5. The van der Waals surface area contributed by atoms with Crippen LogP contribution in [-0.4, -0.2) is 24.0 Å². The van der Waals surface area contributed by atoms with Crippen LogP contribution in [0, 0.1) is 12.8 Å². The Hall–Kier alpha value is -2.56. The van der Waals surface area contributed by atoms with Gasteiger partial charge in [-0.1, -0.05) is 18.2 Å². The molecule has 5 heteroatoms. The van der Waals surface area contributed by atoms with Gasteiger partial charge in [-0.05, 0) is 37.1 Å². The Balaban J connectivity index is 1.61. The minimum absolute atomic E-state index is 0.141. The summed E-state index contributed by atoms with van der Waals surface area (Å²) in [5, 5.41) is 2.82. The van der Waals surface area contributed by atoms with E-state index in [-0.39, 0.29) is 22.9 Å². The van der Waals surface area contributed by atoms with Crippen LogP contribution in [0.4, 0.5) is 0 Å². The Morgan fingerprint density at radius 3 is 2.95 bits per heavy atom. The normalized spacial score (nSPS) is 16.5. The van der Waals surface area contributed by atoms with Crippen molar-refractivity contribution in [2.75, 3.05) is 13.2 Å². The fourth-order valence-corrected chi connectivity index (χ4v) is 2.61. The van der Waals surface area contributed by atoms with Crippen LogP contribution < -0.4 is 15.6 Å². The first-order chi connectivity index (χ1) is 10.6. The van der Waals surface area contributed by atoms with E-state index in [1.54, 1.807) is 19.1 Å². The number of aromatic nitrogens is 1. The maximum Gasteiger partial charge on any atom is 0.260 e. The topological polar surface area (TPSA) is 71.2 Å². The smallest absolute Gasteiger partial charge is 0.260 e. The first kappa shape index (κ1) is 14.4. The molecule has 1 aromatic heterocycles. The molecule has 1 aliphatic heterocycles. The van der Waals surface area contributed by atoms with Crippen LogP contribution in [-0.2, 0) is 6.42 Å². The van der Waals surface area contributed by atoms with Gasteiger partial charge in [-0.3, -0.25) is 9.59 Å². The van der Waals surface area contributed by atoms with Crippen molar-refractivity contribution in [1.82, 2.24) is 10.3 Å². The Bertz CT molecular complexity index is 752. The highest BCUT2D eigenvalue weighted by Crippen LogP contribution is 2.26. The number of rotatable bonds is 3. The van der Waals surface area contributed by atoms with Crippen LogP contribution in [0.5, 0.6) is 5.75 Å². The summed E-state index contributed by atoms with van der Waals surface area (Å²) in [5.41, 5.74) is 1.67. The van der Waals surface area contributed by atoms with Crippen molar-refractivity contribution in [2.24, 2.45) is 5.92 Å². The summed E-state index contributed by atoms with van der Waals surface area (Å²) in [6, 6.07) is 11.2. The van der Waals surface area contributed by atoms with E-state index in [0.717, 1.165) is 23.4 Å². The number of nitrogens with one attached hydrogen (secondary N) is 2. The lowest BCUT2D eigenvalue weighted by Gasteiger charge is -2.25. The minimum atomic E-state index is -0.359. The quantitative estimate of drug-likeness (QED) is 0.905. The van der Waals surface area contributed by atoms with Gasteiger partial charge < -0.3 is 15.0 Å². The van der Waals surface area contributed by atoms with E-state index in [0.29, 0.717) is 13.2 Å². The van der Waals surface area contributed by atoms with E-state index in [1.165, 1.54) is 0 Å². The number of ether oxygens (including phenoxy) is 1. The largest absolute Gasteiger partial charge is 0.493 e. The Morgan fingerprint density at radius 2 is 2.14 bits per heavy atom. The van der Waals surface area contributed by atoms with Crippen LogP contribution in [0.25, 0.3) is 0 Å². The molecule has 114 valence electrons. The lowest BCUT2D eigenvalue weighted by Crippen LogP contribution is -2.36. The molecule has 2 N–H and O–H groups in total. The summed E-state index contributed by atoms with van der Waals surface area (Å²) in [6.45, 7) is 2.84. The van der Waals surface area contributed by atoms with Gasteiger partial charge in [-0.2, -0.15) is 0 Å². The molecule has 3 rings (SSSR count). The molecule has 22 heavy (non-hydrogen) atoms. The van der Waals surface area contributed by atoms with Gasteiger partial charge in [0.05, 0.1) is 6.61 Å². The zero-order valence-corrected chi connectivity index (χ0v) is 12.4. The maximum absolute atomic E-state index is 12.1. The molecule has 0 radical (unpaired) electrons.